The second kappa shape index (κ2) is 2.67. The number of hydrogen-bond donors (Lipinski definition) is 2. The van der Waals surface area contributed by atoms with E-state index < -0.39 is 12.2 Å². The van der Waals surface area contributed by atoms with Crippen LogP contribution in [-0.4, -0.2) is 22.4 Å². The minimum Gasteiger partial charge on any atom is -0.390 e. The van der Waals surface area contributed by atoms with E-state index >= 15 is 0 Å². The smallest absolute Gasteiger partial charge is 0.0801 e. The van der Waals surface area contributed by atoms with Gasteiger partial charge in [-0.2, -0.15) is 0 Å². The van der Waals surface area contributed by atoms with E-state index in [0.29, 0.717) is 18.8 Å². The second-order valence-electron chi connectivity index (χ2n) is 2.81. The fourth-order valence-corrected chi connectivity index (χ4v) is 1.22. The molecule has 3 atom stereocenters. The molecule has 2 N–H and O–H groups in total. The van der Waals surface area contributed by atoms with Gasteiger partial charge in [-0.05, 0) is 25.2 Å². The van der Waals surface area contributed by atoms with E-state index in [1.165, 1.54) is 0 Å². The molecular formula is C7H13O2. The molecule has 1 rings (SSSR count). The minimum absolute atomic E-state index is 0.336. The van der Waals surface area contributed by atoms with Gasteiger partial charge in [0, 0.05) is 0 Å². The summed E-state index contributed by atoms with van der Waals surface area (Å²) in [5, 5.41) is 18.1. The van der Waals surface area contributed by atoms with Crippen molar-refractivity contribution in [3.8, 4) is 0 Å². The highest BCUT2D eigenvalue weighted by Crippen LogP contribution is 2.23. The first-order chi connectivity index (χ1) is 4.20. The summed E-state index contributed by atoms with van der Waals surface area (Å²) in [7, 11) is 0. The van der Waals surface area contributed by atoms with Gasteiger partial charge < -0.3 is 10.2 Å². The molecule has 0 bridgehead atoms. The maximum atomic E-state index is 9.06. The van der Waals surface area contributed by atoms with Gasteiger partial charge in [0.25, 0.3) is 0 Å². The number of aliphatic hydroxyl groups excluding tert-OH is 2. The molecule has 3 unspecified atom stereocenters. The van der Waals surface area contributed by atoms with Gasteiger partial charge in [0.2, 0.25) is 0 Å². The maximum Gasteiger partial charge on any atom is 0.0801 e. The van der Waals surface area contributed by atoms with Crippen molar-refractivity contribution in [3.63, 3.8) is 0 Å². The van der Waals surface area contributed by atoms with Gasteiger partial charge in [0.15, 0.2) is 0 Å². The van der Waals surface area contributed by atoms with Crippen LogP contribution in [0.25, 0.3) is 0 Å². The molecule has 0 aromatic carbocycles. The highest BCUT2D eigenvalue weighted by Gasteiger charge is 2.24. The van der Waals surface area contributed by atoms with Crippen LogP contribution in [-0.2, 0) is 0 Å². The van der Waals surface area contributed by atoms with Gasteiger partial charge >= 0.3 is 0 Å². The summed E-state index contributed by atoms with van der Waals surface area (Å²) < 4.78 is 0. The Bertz CT molecular complexity index is 92.9. The van der Waals surface area contributed by atoms with Crippen LogP contribution in [0.2, 0.25) is 0 Å². The summed E-state index contributed by atoms with van der Waals surface area (Å²) in [4.78, 5) is 0. The zero-order valence-electron chi connectivity index (χ0n) is 5.45. The summed E-state index contributed by atoms with van der Waals surface area (Å²) in [6.07, 6.45) is 1.28. The van der Waals surface area contributed by atoms with Crippen molar-refractivity contribution in [3.05, 3.63) is 6.92 Å². The largest absolute Gasteiger partial charge is 0.390 e. The first-order valence-corrected chi connectivity index (χ1v) is 3.39. The minimum atomic E-state index is -0.527. The molecule has 1 aliphatic carbocycles. The van der Waals surface area contributed by atoms with Gasteiger partial charge in [-0.1, -0.05) is 6.92 Å². The van der Waals surface area contributed by atoms with Crippen LogP contribution in [0.5, 0.6) is 0 Å². The van der Waals surface area contributed by atoms with Crippen molar-refractivity contribution in [1.29, 1.82) is 0 Å². The molecule has 1 radical (unpaired) electrons. The molecule has 0 aliphatic heterocycles. The van der Waals surface area contributed by atoms with Crippen molar-refractivity contribution in [2.24, 2.45) is 5.92 Å². The van der Waals surface area contributed by atoms with Gasteiger partial charge in [0.1, 0.15) is 0 Å². The van der Waals surface area contributed by atoms with Gasteiger partial charge in [0.05, 0.1) is 12.2 Å². The summed E-state index contributed by atoms with van der Waals surface area (Å²) >= 11 is 0. The van der Waals surface area contributed by atoms with Gasteiger partial charge in [-0.3, -0.25) is 0 Å². The average Bonchev–Trinajstić information content (AvgIpc) is 1.80. The van der Waals surface area contributed by atoms with E-state index in [9.17, 15) is 0 Å². The summed E-state index contributed by atoms with van der Waals surface area (Å²) in [5.41, 5.74) is 0. The highest BCUT2D eigenvalue weighted by atomic mass is 16.3. The molecule has 0 amide bonds. The zero-order chi connectivity index (χ0) is 6.85. The number of rotatable bonds is 0. The maximum absolute atomic E-state index is 9.06. The third kappa shape index (κ3) is 1.66. The van der Waals surface area contributed by atoms with E-state index in [4.69, 9.17) is 10.2 Å². The summed E-state index contributed by atoms with van der Waals surface area (Å²) in [6.45, 7) is 3.81. The summed E-state index contributed by atoms with van der Waals surface area (Å²) in [6, 6.07) is 0. The van der Waals surface area contributed by atoms with Crippen molar-refractivity contribution >= 4 is 0 Å². The number of aliphatic hydroxyl groups is 2. The van der Waals surface area contributed by atoms with Crippen LogP contribution in [0.4, 0.5) is 0 Å². The predicted molar refractivity (Wildman–Crippen MR) is 34.7 cm³/mol. The van der Waals surface area contributed by atoms with Crippen LogP contribution in [0.15, 0.2) is 0 Å². The van der Waals surface area contributed by atoms with Crippen LogP contribution in [0.1, 0.15) is 19.3 Å². The van der Waals surface area contributed by atoms with E-state index in [1.807, 2.05) is 0 Å². The SMILES string of the molecule is [CH2]C1CCC(O)C(O)C1. The first kappa shape index (κ1) is 7.03. The zero-order valence-corrected chi connectivity index (χ0v) is 5.45. The molecule has 0 aromatic rings. The third-order valence-corrected chi connectivity index (χ3v) is 1.89. The monoisotopic (exact) mass is 129 g/mol. The van der Waals surface area contributed by atoms with Crippen molar-refractivity contribution in [2.75, 3.05) is 0 Å². The highest BCUT2D eigenvalue weighted by molar-refractivity contribution is 4.79. The van der Waals surface area contributed by atoms with E-state index in [-0.39, 0.29) is 0 Å². The Hall–Kier alpha value is -0.0800. The lowest BCUT2D eigenvalue weighted by atomic mass is 9.87. The molecule has 1 fully saturated rings. The first-order valence-electron chi connectivity index (χ1n) is 3.39. The summed E-state index contributed by atoms with van der Waals surface area (Å²) in [5.74, 6) is 0.336. The normalized spacial score (nSPS) is 45.0. The Kier molecular flexibility index (Phi) is 2.09. The molecule has 2 nitrogen and oxygen atoms in total. The Balaban J connectivity index is 2.35. The molecule has 2 heteroatoms. The van der Waals surface area contributed by atoms with E-state index in [2.05, 4.69) is 6.92 Å². The van der Waals surface area contributed by atoms with Crippen LogP contribution < -0.4 is 0 Å². The molecule has 0 heterocycles. The topological polar surface area (TPSA) is 40.5 Å². The number of hydrogen-bond acceptors (Lipinski definition) is 2. The molecule has 0 saturated heterocycles. The Morgan fingerprint density at radius 3 is 2.22 bits per heavy atom. The van der Waals surface area contributed by atoms with Crippen LogP contribution in [0, 0.1) is 12.8 Å². The lowest BCUT2D eigenvalue weighted by molar-refractivity contribution is -0.0192. The van der Waals surface area contributed by atoms with Gasteiger partial charge in [-0.15, -0.1) is 0 Å². The molecule has 53 valence electrons. The fraction of sp³-hybridized carbons (Fsp3) is 0.857. The lowest BCUT2D eigenvalue weighted by Crippen LogP contribution is -2.32. The standard InChI is InChI=1S/C7H13O2/c1-5-2-3-6(8)7(9)4-5/h5-9H,1-4H2. The van der Waals surface area contributed by atoms with Crippen molar-refractivity contribution in [1.82, 2.24) is 0 Å². The Labute approximate surface area is 55.5 Å². The average molecular weight is 129 g/mol. The quantitative estimate of drug-likeness (QED) is 0.495. The lowest BCUT2D eigenvalue weighted by Gasteiger charge is -2.27. The molecule has 9 heavy (non-hydrogen) atoms. The van der Waals surface area contributed by atoms with E-state index in [0.717, 1.165) is 6.42 Å². The van der Waals surface area contributed by atoms with E-state index in [1.54, 1.807) is 0 Å². The van der Waals surface area contributed by atoms with Crippen LogP contribution in [0.3, 0.4) is 0 Å². The molecule has 0 aromatic heterocycles. The van der Waals surface area contributed by atoms with Crippen molar-refractivity contribution in [2.45, 2.75) is 31.5 Å². The third-order valence-electron chi connectivity index (χ3n) is 1.89. The Morgan fingerprint density at radius 2 is 1.78 bits per heavy atom. The Morgan fingerprint density at radius 1 is 1.11 bits per heavy atom. The molecule has 0 spiro atoms. The fourth-order valence-electron chi connectivity index (χ4n) is 1.22. The molecular weight excluding hydrogens is 116 g/mol. The predicted octanol–water partition coefficient (Wildman–Crippen LogP) is 0.342. The molecule has 1 aliphatic rings. The molecule has 1 saturated carbocycles. The van der Waals surface area contributed by atoms with Crippen LogP contribution >= 0.6 is 0 Å². The van der Waals surface area contributed by atoms with Crippen molar-refractivity contribution < 1.29 is 10.2 Å². The van der Waals surface area contributed by atoms with Gasteiger partial charge in [-0.25, -0.2) is 0 Å². The second-order valence-corrected chi connectivity index (χ2v) is 2.81.